The third-order valence-electron chi connectivity index (χ3n) is 4.41. The summed E-state index contributed by atoms with van der Waals surface area (Å²) in [6, 6.07) is 19.4. The van der Waals surface area contributed by atoms with Gasteiger partial charge in [0.2, 0.25) is 0 Å². The molecule has 0 radical (unpaired) electrons. The molecule has 0 atom stereocenters. The fraction of sp³-hybridized carbons (Fsp3) is 0.0909. The average Bonchev–Trinajstić information content (AvgIpc) is 2.65. The minimum Gasteiger partial charge on any atom is -0.478 e. The first-order chi connectivity index (χ1) is 12.9. The van der Waals surface area contributed by atoms with Crippen molar-refractivity contribution in [1.29, 1.82) is 0 Å². The Balaban J connectivity index is 1.71. The number of carbonyl (C=O) groups is 2. The van der Waals surface area contributed by atoms with E-state index in [2.05, 4.69) is 0 Å². The molecule has 0 unspecified atom stereocenters. The third kappa shape index (κ3) is 4.52. The summed E-state index contributed by atoms with van der Waals surface area (Å²) in [5.41, 5.74) is 11.4. The van der Waals surface area contributed by atoms with Crippen molar-refractivity contribution < 1.29 is 19.8 Å². The molecular formula is C22H19NO4. The van der Waals surface area contributed by atoms with Gasteiger partial charge in [-0.1, -0.05) is 36.4 Å². The lowest BCUT2D eigenvalue weighted by molar-refractivity contribution is 0.0686. The molecule has 0 saturated heterocycles. The second kappa shape index (κ2) is 7.74. The lowest BCUT2D eigenvalue weighted by Gasteiger charge is -2.09. The van der Waals surface area contributed by atoms with Crippen LogP contribution in [0.3, 0.4) is 0 Å². The molecule has 0 heterocycles. The molecule has 0 aliphatic rings. The van der Waals surface area contributed by atoms with Crippen LogP contribution in [0, 0.1) is 0 Å². The lowest BCUT2D eigenvalue weighted by Crippen LogP contribution is -2.00. The van der Waals surface area contributed by atoms with Gasteiger partial charge in [-0.15, -0.1) is 0 Å². The summed E-state index contributed by atoms with van der Waals surface area (Å²) in [4.78, 5) is 21.8. The van der Waals surface area contributed by atoms with Crippen LogP contribution in [0.5, 0.6) is 0 Å². The molecule has 0 amide bonds. The number of nitrogen functional groups attached to an aromatic ring is 1. The normalized spacial score (nSPS) is 10.5. The predicted octanol–water partition coefficient (Wildman–Crippen LogP) is 3.85. The van der Waals surface area contributed by atoms with Gasteiger partial charge in [0.05, 0.1) is 11.1 Å². The zero-order valence-corrected chi connectivity index (χ0v) is 14.6. The summed E-state index contributed by atoms with van der Waals surface area (Å²) in [5, 5.41) is 17.9. The van der Waals surface area contributed by atoms with E-state index in [9.17, 15) is 9.59 Å². The molecule has 3 aromatic rings. The molecule has 5 nitrogen and oxygen atoms in total. The molecule has 136 valence electrons. The molecular weight excluding hydrogens is 342 g/mol. The van der Waals surface area contributed by atoms with Crippen molar-refractivity contribution in [3.8, 4) is 0 Å². The second-order valence-corrected chi connectivity index (χ2v) is 6.39. The third-order valence-corrected chi connectivity index (χ3v) is 4.41. The van der Waals surface area contributed by atoms with Gasteiger partial charge >= 0.3 is 11.9 Å². The monoisotopic (exact) mass is 361 g/mol. The Morgan fingerprint density at radius 2 is 1.11 bits per heavy atom. The number of nitrogens with two attached hydrogens (primary N) is 1. The highest BCUT2D eigenvalue weighted by molar-refractivity contribution is 5.88. The largest absolute Gasteiger partial charge is 0.478 e. The first-order valence-corrected chi connectivity index (χ1v) is 8.44. The van der Waals surface area contributed by atoms with E-state index in [1.54, 1.807) is 48.5 Å². The number of anilines is 1. The average molecular weight is 361 g/mol. The molecule has 0 saturated carbocycles. The lowest BCUT2D eigenvalue weighted by atomic mass is 9.98. The van der Waals surface area contributed by atoms with Gasteiger partial charge in [-0.05, 0) is 65.4 Å². The molecule has 3 aromatic carbocycles. The van der Waals surface area contributed by atoms with Gasteiger partial charge in [0.25, 0.3) is 0 Å². The van der Waals surface area contributed by atoms with Gasteiger partial charge in [0.1, 0.15) is 0 Å². The van der Waals surface area contributed by atoms with E-state index in [1.165, 1.54) is 0 Å². The first-order valence-electron chi connectivity index (χ1n) is 8.44. The zero-order chi connectivity index (χ0) is 19.4. The van der Waals surface area contributed by atoms with Crippen LogP contribution in [-0.2, 0) is 12.8 Å². The number of hydrogen-bond acceptors (Lipinski definition) is 3. The van der Waals surface area contributed by atoms with E-state index in [4.69, 9.17) is 15.9 Å². The van der Waals surface area contributed by atoms with Crippen LogP contribution >= 0.6 is 0 Å². The zero-order valence-electron chi connectivity index (χ0n) is 14.6. The van der Waals surface area contributed by atoms with Crippen LogP contribution in [0.2, 0.25) is 0 Å². The van der Waals surface area contributed by atoms with Crippen molar-refractivity contribution in [2.75, 3.05) is 5.73 Å². The molecule has 0 aliphatic carbocycles. The Kier molecular flexibility index (Phi) is 5.22. The minimum atomic E-state index is -0.943. The number of benzene rings is 3. The highest BCUT2D eigenvalue weighted by Gasteiger charge is 2.07. The van der Waals surface area contributed by atoms with E-state index in [-0.39, 0.29) is 11.1 Å². The first kappa shape index (κ1) is 18.2. The Morgan fingerprint density at radius 1 is 0.667 bits per heavy atom. The number of rotatable bonds is 6. The van der Waals surface area contributed by atoms with E-state index in [0.29, 0.717) is 18.5 Å². The summed E-state index contributed by atoms with van der Waals surface area (Å²) in [7, 11) is 0. The summed E-state index contributed by atoms with van der Waals surface area (Å²) in [5.74, 6) is -1.88. The SMILES string of the molecule is Nc1cc(Cc2ccc(C(=O)O)cc2)ccc1Cc1ccc(C(=O)O)cc1. The summed E-state index contributed by atoms with van der Waals surface area (Å²) >= 11 is 0. The molecule has 0 fully saturated rings. The minimum absolute atomic E-state index is 0.260. The number of aromatic carboxylic acids is 2. The number of hydrogen-bond donors (Lipinski definition) is 3. The van der Waals surface area contributed by atoms with Crippen molar-refractivity contribution in [3.05, 3.63) is 100 Å². The van der Waals surface area contributed by atoms with Crippen LogP contribution in [0.4, 0.5) is 5.69 Å². The number of carboxylic acid groups (broad SMARTS) is 2. The fourth-order valence-corrected chi connectivity index (χ4v) is 2.90. The Hall–Kier alpha value is -3.60. The maximum atomic E-state index is 10.9. The molecule has 4 N–H and O–H groups in total. The summed E-state index contributed by atoms with van der Waals surface area (Å²) < 4.78 is 0. The molecule has 0 aliphatic heterocycles. The molecule has 3 rings (SSSR count). The molecule has 0 aromatic heterocycles. The Labute approximate surface area is 156 Å². The number of carboxylic acids is 2. The maximum Gasteiger partial charge on any atom is 0.335 e. The smallest absolute Gasteiger partial charge is 0.335 e. The highest BCUT2D eigenvalue weighted by Crippen LogP contribution is 2.21. The molecule has 27 heavy (non-hydrogen) atoms. The molecule has 0 bridgehead atoms. The quantitative estimate of drug-likeness (QED) is 0.579. The van der Waals surface area contributed by atoms with Crippen molar-refractivity contribution in [2.45, 2.75) is 12.8 Å². The van der Waals surface area contributed by atoms with Crippen molar-refractivity contribution in [3.63, 3.8) is 0 Å². The van der Waals surface area contributed by atoms with E-state index in [0.717, 1.165) is 22.3 Å². The van der Waals surface area contributed by atoms with Gasteiger partial charge in [-0.25, -0.2) is 9.59 Å². The Morgan fingerprint density at radius 3 is 1.56 bits per heavy atom. The predicted molar refractivity (Wildman–Crippen MR) is 103 cm³/mol. The highest BCUT2D eigenvalue weighted by atomic mass is 16.4. The van der Waals surface area contributed by atoms with Crippen LogP contribution in [0.1, 0.15) is 43.0 Å². The summed E-state index contributed by atoms with van der Waals surface area (Å²) in [6.07, 6.45) is 1.29. The molecule has 5 heteroatoms. The van der Waals surface area contributed by atoms with Gasteiger partial charge < -0.3 is 15.9 Å². The van der Waals surface area contributed by atoms with Crippen molar-refractivity contribution >= 4 is 17.6 Å². The van der Waals surface area contributed by atoms with Crippen LogP contribution in [0.25, 0.3) is 0 Å². The van der Waals surface area contributed by atoms with Crippen LogP contribution < -0.4 is 5.73 Å². The molecule has 0 spiro atoms. The topological polar surface area (TPSA) is 101 Å². The van der Waals surface area contributed by atoms with Crippen LogP contribution in [0.15, 0.2) is 66.7 Å². The van der Waals surface area contributed by atoms with E-state index < -0.39 is 11.9 Å². The van der Waals surface area contributed by atoms with Crippen LogP contribution in [-0.4, -0.2) is 22.2 Å². The van der Waals surface area contributed by atoms with Crippen molar-refractivity contribution in [2.24, 2.45) is 0 Å². The van der Waals surface area contributed by atoms with E-state index >= 15 is 0 Å². The van der Waals surface area contributed by atoms with Gasteiger partial charge in [0.15, 0.2) is 0 Å². The Bertz CT molecular complexity index is 976. The second-order valence-electron chi connectivity index (χ2n) is 6.39. The van der Waals surface area contributed by atoms with Crippen molar-refractivity contribution in [1.82, 2.24) is 0 Å². The van der Waals surface area contributed by atoms with E-state index in [1.807, 2.05) is 18.2 Å². The van der Waals surface area contributed by atoms with Gasteiger partial charge in [0, 0.05) is 5.69 Å². The standard InChI is InChI=1S/C22H19NO4/c23-20-13-16(11-14-1-6-17(7-2-14)21(24)25)5-10-19(20)12-15-3-8-18(9-4-15)22(26)27/h1-10,13H,11-12,23H2,(H,24,25)(H,26,27). The fourth-order valence-electron chi connectivity index (χ4n) is 2.90. The summed E-state index contributed by atoms with van der Waals surface area (Å²) in [6.45, 7) is 0. The maximum absolute atomic E-state index is 10.9. The van der Waals surface area contributed by atoms with Gasteiger partial charge in [-0.2, -0.15) is 0 Å². The van der Waals surface area contributed by atoms with Gasteiger partial charge in [-0.3, -0.25) is 0 Å².